The molecule has 2 unspecified atom stereocenters. The van der Waals surface area contributed by atoms with Crippen molar-refractivity contribution in [1.82, 2.24) is 5.32 Å². The van der Waals surface area contributed by atoms with E-state index in [0.717, 1.165) is 46.9 Å². The van der Waals surface area contributed by atoms with Crippen LogP contribution in [0.5, 0.6) is 0 Å². The highest BCUT2D eigenvalue weighted by atomic mass is 35.5. The molecule has 0 saturated carbocycles. The maximum Gasteiger partial charge on any atom is 0.135 e. The molecule has 122 valence electrons. The highest BCUT2D eigenvalue weighted by Gasteiger charge is 2.19. The van der Waals surface area contributed by atoms with Crippen molar-refractivity contribution in [3.63, 3.8) is 0 Å². The van der Waals surface area contributed by atoms with Crippen LogP contribution in [0.1, 0.15) is 37.4 Å². The number of para-hydroxylation sites is 1. The Balaban J connectivity index is 0.00000156. The van der Waals surface area contributed by atoms with Crippen LogP contribution >= 0.6 is 0 Å². The van der Waals surface area contributed by atoms with Gasteiger partial charge in [0.25, 0.3) is 0 Å². The van der Waals surface area contributed by atoms with E-state index in [4.69, 9.17) is 4.42 Å². The van der Waals surface area contributed by atoms with Gasteiger partial charge < -0.3 is 27.2 Å². The normalized spacial score (nSPS) is 19.6. The second-order valence-electron chi connectivity index (χ2n) is 6.25. The van der Waals surface area contributed by atoms with Gasteiger partial charge in [0.1, 0.15) is 11.2 Å². The van der Waals surface area contributed by atoms with Gasteiger partial charge in [-0.25, -0.2) is 0 Å². The molecule has 3 nitrogen and oxygen atoms in total. The van der Waals surface area contributed by atoms with Crippen molar-refractivity contribution in [2.45, 2.75) is 37.8 Å². The fourth-order valence-electron chi connectivity index (χ4n) is 3.48. The lowest BCUT2D eigenvalue weighted by molar-refractivity contribution is -0.00000721. The summed E-state index contributed by atoms with van der Waals surface area (Å²) in [5.74, 6) is 0. The number of rotatable bonds is 3. The molecule has 2 atom stereocenters. The van der Waals surface area contributed by atoms with Gasteiger partial charge in [0, 0.05) is 16.8 Å². The molecule has 1 saturated heterocycles. The van der Waals surface area contributed by atoms with Gasteiger partial charge in [-0.1, -0.05) is 36.8 Å². The second kappa shape index (κ2) is 6.91. The average Bonchev–Trinajstić information content (AvgIpc) is 2.93. The predicted octanol–water partition coefficient (Wildman–Crippen LogP) is 1.16. The summed E-state index contributed by atoms with van der Waals surface area (Å²) < 4.78 is 5.91. The van der Waals surface area contributed by atoms with E-state index in [0.29, 0.717) is 6.04 Å². The summed E-state index contributed by atoms with van der Waals surface area (Å²) in [5.41, 5.74) is 2.70. The summed E-state index contributed by atoms with van der Waals surface area (Å²) in [4.78, 5) is 0. The summed E-state index contributed by atoms with van der Waals surface area (Å²) in [6, 6.07) is 14.6. The van der Waals surface area contributed by atoms with Crippen molar-refractivity contribution in [3.8, 4) is 0 Å². The van der Waals surface area contributed by atoms with E-state index < -0.39 is 6.10 Å². The zero-order chi connectivity index (χ0) is 14.9. The van der Waals surface area contributed by atoms with Crippen LogP contribution in [0.15, 0.2) is 46.9 Å². The Morgan fingerprint density at radius 3 is 2.74 bits per heavy atom. The molecule has 0 spiro atoms. The third kappa shape index (κ3) is 3.23. The standard InChI is InChI=1S/C19H21NO2.ClH/c21-17(12-14-5-3-4-10-20-14)13-8-9-16-15-6-1-2-7-18(15)22-19(16)11-13;/h1-2,6-9,11,14,17,20-21H,3-5,10,12H2;1H/p-1. The quantitative estimate of drug-likeness (QED) is 0.757. The largest absolute Gasteiger partial charge is 1.00 e. The highest BCUT2D eigenvalue weighted by Crippen LogP contribution is 2.31. The van der Waals surface area contributed by atoms with Crippen LogP contribution in [0, 0.1) is 0 Å². The van der Waals surface area contributed by atoms with Gasteiger partial charge in [0.15, 0.2) is 0 Å². The Morgan fingerprint density at radius 2 is 1.91 bits per heavy atom. The number of furan rings is 1. The SMILES string of the molecule is OC(CC1CCCCN1)c1ccc2c(c1)oc1ccccc12.[Cl-]. The average molecular weight is 331 g/mol. The van der Waals surface area contributed by atoms with Crippen LogP contribution in [0.4, 0.5) is 0 Å². The number of halogens is 1. The molecule has 3 aromatic rings. The van der Waals surface area contributed by atoms with Crippen LogP contribution in [0.3, 0.4) is 0 Å². The Labute approximate surface area is 142 Å². The molecule has 4 rings (SSSR count). The van der Waals surface area contributed by atoms with Crippen LogP contribution < -0.4 is 17.7 Å². The number of aliphatic hydroxyl groups is 1. The predicted molar refractivity (Wildman–Crippen MR) is 88.9 cm³/mol. The number of piperidine rings is 1. The second-order valence-corrected chi connectivity index (χ2v) is 6.25. The molecule has 1 aromatic heterocycles. The molecule has 1 aliphatic heterocycles. The van der Waals surface area contributed by atoms with Crippen LogP contribution in [-0.4, -0.2) is 17.7 Å². The Kier molecular flexibility index (Phi) is 4.90. The van der Waals surface area contributed by atoms with Crippen molar-refractivity contribution in [3.05, 3.63) is 48.0 Å². The number of benzene rings is 2. The van der Waals surface area contributed by atoms with Crippen molar-refractivity contribution in [2.75, 3.05) is 6.54 Å². The molecule has 0 amide bonds. The van der Waals surface area contributed by atoms with E-state index in [1.54, 1.807) is 0 Å². The number of nitrogens with one attached hydrogen (secondary N) is 1. The van der Waals surface area contributed by atoms with Gasteiger partial charge in [-0.05, 0) is 43.5 Å². The third-order valence-corrected chi connectivity index (χ3v) is 4.71. The first-order valence-electron chi connectivity index (χ1n) is 8.14. The monoisotopic (exact) mass is 330 g/mol. The molecule has 2 N–H and O–H groups in total. The van der Waals surface area contributed by atoms with Crippen molar-refractivity contribution in [1.29, 1.82) is 0 Å². The molecule has 1 fully saturated rings. The Morgan fingerprint density at radius 1 is 1.09 bits per heavy atom. The van der Waals surface area contributed by atoms with Gasteiger partial charge in [0.2, 0.25) is 0 Å². The van der Waals surface area contributed by atoms with E-state index in [-0.39, 0.29) is 12.4 Å². The molecular formula is C19H21ClNO2-. The topological polar surface area (TPSA) is 45.4 Å². The smallest absolute Gasteiger partial charge is 0.135 e. The van der Waals surface area contributed by atoms with Crippen LogP contribution in [0.2, 0.25) is 0 Å². The summed E-state index contributed by atoms with van der Waals surface area (Å²) in [6.07, 6.45) is 3.99. The fraction of sp³-hybridized carbons (Fsp3) is 0.368. The molecule has 0 radical (unpaired) electrons. The molecule has 2 aromatic carbocycles. The first-order valence-corrected chi connectivity index (χ1v) is 8.14. The Bertz CT molecular complexity index is 792. The summed E-state index contributed by atoms with van der Waals surface area (Å²) in [7, 11) is 0. The van der Waals surface area contributed by atoms with Crippen molar-refractivity contribution in [2.24, 2.45) is 0 Å². The molecular weight excluding hydrogens is 310 g/mol. The van der Waals surface area contributed by atoms with Crippen molar-refractivity contribution < 1.29 is 21.9 Å². The minimum absolute atomic E-state index is 0. The van der Waals surface area contributed by atoms with E-state index in [1.165, 1.54) is 12.8 Å². The number of hydrogen-bond acceptors (Lipinski definition) is 3. The third-order valence-electron chi connectivity index (χ3n) is 4.71. The molecule has 0 aliphatic carbocycles. The molecule has 2 heterocycles. The molecule has 1 aliphatic rings. The molecule has 4 heteroatoms. The zero-order valence-corrected chi connectivity index (χ0v) is 13.7. The van der Waals surface area contributed by atoms with E-state index >= 15 is 0 Å². The number of fused-ring (bicyclic) bond motifs is 3. The lowest BCUT2D eigenvalue weighted by atomic mass is 9.95. The number of hydrogen-bond donors (Lipinski definition) is 2. The minimum Gasteiger partial charge on any atom is -1.00 e. The van der Waals surface area contributed by atoms with Gasteiger partial charge in [-0.3, -0.25) is 0 Å². The van der Waals surface area contributed by atoms with Crippen LogP contribution in [0.25, 0.3) is 21.9 Å². The fourth-order valence-corrected chi connectivity index (χ4v) is 3.48. The molecule has 0 bridgehead atoms. The summed E-state index contributed by atoms with van der Waals surface area (Å²) in [5, 5.41) is 16.3. The van der Waals surface area contributed by atoms with Crippen molar-refractivity contribution >= 4 is 21.9 Å². The summed E-state index contributed by atoms with van der Waals surface area (Å²) >= 11 is 0. The summed E-state index contributed by atoms with van der Waals surface area (Å²) in [6.45, 7) is 1.07. The van der Waals surface area contributed by atoms with Crippen LogP contribution in [-0.2, 0) is 0 Å². The maximum atomic E-state index is 10.5. The van der Waals surface area contributed by atoms with E-state index in [9.17, 15) is 5.11 Å². The first-order chi connectivity index (χ1) is 10.8. The Hall–Kier alpha value is -1.55. The van der Waals surface area contributed by atoms with Gasteiger partial charge >= 0.3 is 0 Å². The van der Waals surface area contributed by atoms with Gasteiger partial charge in [0.05, 0.1) is 6.10 Å². The van der Waals surface area contributed by atoms with Gasteiger partial charge in [-0.15, -0.1) is 0 Å². The first kappa shape index (κ1) is 16.3. The number of aliphatic hydroxyl groups excluding tert-OH is 1. The highest BCUT2D eigenvalue weighted by molar-refractivity contribution is 6.04. The maximum absolute atomic E-state index is 10.5. The van der Waals surface area contributed by atoms with E-state index in [1.807, 2.05) is 30.3 Å². The van der Waals surface area contributed by atoms with Gasteiger partial charge in [-0.2, -0.15) is 0 Å². The minimum atomic E-state index is -0.437. The lowest BCUT2D eigenvalue weighted by Gasteiger charge is -2.25. The zero-order valence-electron chi connectivity index (χ0n) is 13.0. The lowest BCUT2D eigenvalue weighted by Crippen LogP contribution is -3.00. The molecule has 23 heavy (non-hydrogen) atoms. The van der Waals surface area contributed by atoms with E-state index in [2.05, 4.69) is 17.4 Å².